The highest BCUT2D eigenvalue weighted by Crippen LogP contribution is 2.33. The first-order valence-corrected chi connectivity index (χ1v) is 7.90. The van der Waals surface area contributed by atoms with E-state index in [0.29, 0.717) is 19.5 Å². The lowest BCUT2D eigenvalue weighted by Crippen LogP contribution is -2.49. The Hall–Kier alpha value is -1.59. The molecule has 6 nitrogen and oxygen atoms in total. The fourth-order valence-corrected chi connectivity index (χ4v) is 3.49. The molecule has 1 N–H and O–H groups in total. The molecular formula is C15H22N2O4. The van der Waals surface area contributed by atoms with Gasteiger partial charge in [0.1, 0.15) is 6.04 Å². The van der Waals surface area contributed by atoms with Crippen LogP contribution in [0.15, 0.2) is 0 Å². The quantitative estimate of drug-likeness (QED) is 0.831. The number of hydrogen-bond acceptors (Lipinski definition) is 3. The molecule has 0 aromatic carbocycles. The van der Waals surface area contributed by atoms with Crippen molar-refractivity contribution in [2.75, 3.05) is 19.6 Å². The minimum Gasteiger partial charge on any atom is -0.480 e. The predicted octanol–water partition coefficient (Wildman–Crippen LogP) is 0.711. The third kappa shape index (κ3) is 2.89. The Morgan fingerprint density at radius 2 is 1.57 bits per heavy atom. The van der Waals surface area contributed by atoms with Gasteiger partial charge in [-0.2, -0.15) is 0 Å². The Labute approximate surface area is 124 Å². The lowest BCUT2D eigenvalue weighted by Gasteiger charge is -2.35. The average molecular weight is 294 g/mol. The summed E-state index contributed by atoms with van der Waals surface area (Å²) in [5.74, 6) is -0.849. The first kappa shape index (κ1) is 14.4. The largest absolute Gasteiger partial charge is 0.480 e. The highest BCUT2D eigenvalue weighted by Gasteiger charge is 2.40. The SMILES string of the molecule is O=C(O)C1CCCN1C(=O)C1CCCN(C(=O)C2CC2)C1. The number of nitrogens with zero attached hydrogens (tertiary/aromatic N) is 2. The Bertz CT molecular complexity index is 461. The zero-order chi connectivity index (χ0) is 15.0. The van der Waals surface area contributed by atoms with Crippen LogP contribution in [0.3, 0.4) is 0 Å². The number of aliphatic carboxylic acids is 1. The highest BCUT2D eigenvalue weighted by molar-refractivity contribution is 5.87. The lowest BCUT2D eigenvalue weighted by atomic mass is 9.95. The van der Waals surface area contributed by atoms with Crippen molar-refractivity contribution in [3.8, 4) is 0 Å². The van der Waals surface area contributed by atoms with Gasteiger partial charge in [-0.15, -0.1) is 0 Å². The molecule has 0 bridgehead atoms. The normalized spacial score (nSPS) is 29.5. The molecule has 6 heteroatoms. The molecule has 2 heterocycles. The van der Waals surface area contributed by atoms with Gasteiger partial charge in [0.15, 0.2) is 0 Å². The molecule has 3 rings (SSSR count). The van der Waals surface area contributed by atoms with Gasteiger partial charge < -0.3 is 14.9 Å². The molecular weight excluding hydrogens is 272 g/mol. The second-order valence-corrected chi connectivity index (χ2v) is 6.43. The van der Waals surface area contributed by atoms with E-state index < -0.39 is 12.0 Å². The predicted molar refractivity (Wildman–Crippen MR) is 74.4 cm³/mol. The number of rotatable bonds is 3. The van der Waals surface area contributed by atoms with E-state index in [-0.39, 0.29) is 23.7 Å². The van der Waals surface area contributed by atoms with E-state index in [4.69, 9.17) is 0 Å². The lowest BCUT2D eigenvalue weighted by molar-refractivity contribution is -0.151. The van der Waals surface area contributed by atoms with Crippen LogP contribution in [0.4, 0.5) is 0 Å². The summed E-state index contributed by atoms with van der Waals surface area (Å²) >= 11 is 0. The van der Waals surface area contributed by atoms with E-state index in [1.807, 2.05) is 4.90 Å². The molecule has 0 spiro atoms. The molecule has 2 aliphatic heterocycles. The van der Waals surface area contributed by atoms with Crippen molar-refractivity contribution in [1.82, 2.24) is 9.80 Å². The van der Waals surface area contributed by atoms with Crippen LogP contribution in [0.5, 0.6) is 0 Å². The molecule has 116 valence electrons. The minimum atomic E-state index is -0.914. The van der Waals surface area contributed by atoms with Crippen LogP contribution in [0.1, 0.15) is 38.5 Å². The summed E-state index contributed by atoms with van der Waals surface area (Å²) in [6.07, 6.45) is 4.83. The van der Waals surface area contributed by atoms with Gasteiger partial charge in [-0.1, -0.05) is 0 Å². The molecule has 2 atom stereocenters. The topological polar surface area (TPSA) is 77.9 Å². The summed E-state index contributed by atoms with van der Waals surface area (Å²) < 4.78 is 0. The monoisotopic (exact) mass is 294 g/mol. The van der Waals surface area contributed by atoms with Crippen molar-refractivity contribution < 1.29 is 19.5 Å². The van der Waals surface area contributed by atoms with Crippen LogP contribution >= 0.6 is 0 Å². The van der Waals surface area contributed by atoms with E-state index in [0.717, 1.165) is 38.6 Å². The highest BCUT2D eigenvalue weighted by atomic mass is 16.4. The van der Waals surface area contributed by atoms with Crippen molar-refractivity contribution in [1.29, 1.82) is 0 Å². The van der Waals surface area contributed by atoms with E-state index in [9.17, 15) is 19.5 Å². The average Bonchev–Trinajstić information content (AvgIpc) is 3.22. The minimum absolute atomic E-state index is 0.0757. The molecule has 2 amide bonds. The number of carbonyl (C=O) groups excluding carboxylic acids is 2. The number of amides is 2. The standard InChI is InChI=1S/C15H22N2O4/c18-13(10-5-6-10)16-7-1-3-11(9-16)14(19)17-8-2-4-12(17)15(20)21/h10-12H,1-9H2,(H,20,21). The number of carboxylic acid groups (broad SMARTS) is 1. The third-order valence-corrected chi connectivity index (χ3v) is 4.83. The first-order chi connectivity index (χ1) is 10.1. The van der Waals surface area contributed by atoms with Gasteiger partial charge in [0.05, 0.1) is 5.92 Å². The Morgan fingerprint density at radius 3 is 2.24 bits per heavy atom. The maximum Gasteiger partial charge on any atom is 0.326 e. The maximum atomic E-state index is 12.6. The molecule has 0 radical (unpaired) electrons. The van der Waals surface area contributed by atoms with Crippen molar-refractivity contribution in [2.45, 2.75) is 44.6 Å². The fourth-order valence-electron chi connectivity index (χ4n) is 3.49. The number of carboxylic acids is 1. The number of carbonyl (C=O) groups is 3. The molecule has 0 aromatic heterocycles. The maximum absolute atomic E-state index is 12.6. The van der Waals surface area contributed by atoms with E-state index in [1.165, 1.54) is 4.90 Å². The molecule has 21 heavy (non-hydrogen) atoms. The van der Waals surface area contributed by atoms with Gasteiger partial charge in [0, 0.05) is 25.6 Å². The van der Waals surface area contributed by atoms with Crippen molar-refractivity contribution in [3.63, 3.8) is 0 Å². The van der Waals surface area contributed by atoms with Gasteiger partial charge >= 0.3 is 5.97 Å². The van der Waals surface area contributed by atoms with Crippen LogP contribution in [-0.2, 0) is 14.4 Å². The molecule has 1 aliphatic carbocycles. The van der Waals surface area contributed by atoms with Crippen LogP contribution in [0.25, 0.3) is 0 Å². The zero-order valence-electron chi connectivity index (χ0n) is 12.2. The Morgan fingerprint density at radius 1 is 0.857 bits per heavy atom. The number of piperidine rings is 1. The fraction of sp³-hybridized carbons (Fsp3) is 0.800. The second kappa shape index (κ2) is 5.66. The van der Waals surface area contributed by atoms with E-state index in [1.54, 1.807) is 0 Å². The molecule has 2 saturated heterocycles. The van der Waals surface area contributed by atoms with Crippen molar-refractivity contribution in [2.24, 2.45) is 11.8 Å². The molecule has 3 aliphatic rings. The molecule has 2 unspecified atom stereocenters. The van der Waals surface area contributed by atoms with Gasteiger partial charge in [-0.05, 0) is 38.5 Å². The zero-order valence-corrected chi connectivity index (χ0v) is 12.2. The van der Waals surface area contributed by atoms with E-state index in [2.05, 4.69) is 0 Å². The van der Waals surface area contributed by atoms with Crippen LogP contribution < -0.4 is 0 Å². The smallest absolute Gasteiger partial charge is 0.326 e. The summed E-state index contributed by atoms with van der Waals surface area (Å²) in [5.41, 5.74) is 0. The van der Waals surface area contributed by atoms with Gasteiger partial charge in [0.25, 0.3) is 0 Å². The molecule has 1 saturated carbocycles. The molecule has 0 aromatic rings. The summed E-state index contributed by atoms with van der Waals surface area (Å²) in [4.78, 5) is 39.3. The Balaban J connectivity index is 1.63. The molecule has 3 fully saturated rings. The van der Waals surface area contributed by atoms with Crippen LogP contribution in [-0.4, -0.2) is 58.4 Å². The summed E-state index contributed by atoms with van der Waals surface area (Å²) in [6.45, 7) is 1.74. The summed E-state index contributed by atoms with van der Waals surface area (Å²) in [6, 6.07) is -0.674. The number of likely N-dealkylation sites (tertiary alicyclic amines) is 2. The Kier molecular flexibility index (Phi) is 3.87. The van der Waals surface area contributed by atoms with Gasteiger partial charge in [-0.25, -0.2) is 4.79 Å². The van der Waals surface area contributed by atoms with Crippen molar-refractivity contribution >= 4 is 17.8 Å². The number of hydrogen-bond donors (Lipinski definition) is 1. The summed E-state index contributed by atoms with van der Waals surface area (Å²) in [5, 5.41) is 9.19. The summed E-state index contributed by atoms with van der Waals surface area (Å²) in [7, 11) is 0. The second-order valence-electron chi connectivity index (χ2n) is 6.43. The van der Waals surface area contributed by atoms with Crippen molar-refractivity contribution in [3.05, 3.63) is 0 Å². The van der Waals surface area contributed by atoms with Crippen LogP contribution in [0, 0.1) is 11.8 Å². The van der Waals surface area contributed by atoms with Crippen LogP contribution in [0.2, 0.25) is 0 Å². The van der Waals surface area contributed by atoms with Gasteiger partial charge in [0.2, 0.25) is 11.8 Å². The first-order valence-electron chi connectivity index (χ1n) is 7.90. The third-order valence-electron chi connectivity index (χ3n) is 4.83. The van der Waals surface area contributed by atoms with Gasteiger partial charge in [-0.3, -0.25) is 9.59 Å². The van der Waals surface area contributed by atoms with E-state index >= 15 is 0 Å².